The molecule has 1 aromatic heterocycles. The minimum Gasteiger partial charge on any atom is -0.319 e. The Hall–Kier alpha value is -3.67. The molecule has 1 aliphatic heterocycles. The van der Waals surface area contributed by atoms with Gasteiger partial charge in [0, 0.05) is 11.6 Å². The molecule has 0 radical (unpaired) electrons. The number of nitrogens with zero attached hydrogens (tertiary/aromatic N) is 5. The number of carbonyl (C=O) groups excluding carboxylic acids is 2. The van der Waals surface area contributed by atoms with Crippen molar-refractivity contribution >= 4 is 27.5 Å². The smallest absolute Gasteiger partial charge is 0.269 e. The molecule has 1 aliphatic rings. The van der Waals surface area contributed by atoms with Crippen molar-refractivity contribution in [1.29, 1.82) is 0 Å². The second kappa shape index (κ2) is 7.23. The van der Waals surface area contributed by atoms with E-state index in [4.69, 9.17) is 0 Å². The summed E-state index contributed by atoms with van der Waals surface area (Å²) in [5.74, 6) is -1.62. The summed E-state index contributed by atoms with van der Waals surface area (Å²) in [5.41, 5.74) is 0.242. The molecule has 12 heteroatoms. The van der Waals surface area contributed by atoms with E-state index in [1.807, 2.05) is 0 Å². The molecule has 1 N–H and O–H groups in total. The minimum absolute atomic E-state index is 0.00687. The van der Waals surface area contributed by atoms with Crippen molar-refractivity contribution in [2.75, 3.05) is 5.32 Å². The fourth-order valence-corrected chi connectivity index (χ4v) is 5.10. The van der Waals surface area contributed by atoms with E-state index in [0.29, 0.717) is 11.5 Å². The second-order valence-electron chi connectivity index (χ2n) is 7.17. The first-order chi connectivity index (χ1) is 14.6. The largest absolute Gasteiger partial charge is 0.319 e. The molecule has 0 spiro atoms. The molecular weight excluding hydrogens is 427 g/mol. The number of rotatable bonds is 4. The summed E-state index contributed by atoms with van der Waals surface area (Å²) in [4.78, 5) is 24.9. The van der Waals surface area contributed by atoms with Gasteiger partial charge in [0.15, 0.2) is 5.82 Å². The van der Waals surface area contributed by atoms with E-state index in [2.05, 4.69) is 20.8 Å². The molecule has 0 saturated carbocycles. The molecule has 31 heavy (non-hydrogen) atoms. The number of benzene rings is 2. The van der Waals surface area contributed by atoms with Crippen LogP contribution in [0.2, 0.25) is 0 Å². The van der Waals surface area contributed by atoms with Crippen molar-refractivity contribution in [3.8, 4) is 5.69 Å². The first-order valence-corrected chi connectivity index (χ1v) is 10.6. The van der Waals surface area contributed by atoms with Crippen molar-refractivity contribution in [3.05, 3.63) is 59.2 Å². The highest BCUT2D eigenvalue weighted by atomic mass is 32.2. The Balaban J connectivity index is 1.67. The Morgan fingerprint density at radius 3 is 2.55 bits per heavy atom. The Labute approximate surface area is 176 Å². The first kappa shape index (κ1) is 20.6. The highest BCUT2D eigenvalue weighted by molar-refractivity contribution is 7.90. The third-order valence-corrected chi connectivity index (χ3v) is 6.75. The molecule has 2 heterocycles. The summed E-state index contributed by atoms with van der Waals surface area (Å²) in [7, 11) is -4.07. The van der Waals surface area contributed by atoms with Crippen LogP contribution in [0, 0.1) is 12.7 Å². The zero-order valence-electron chi connectivity index (χ0n) is 16.7. The number of fused-ring (bicyclic) bond motifs is 1. The van der Waals surface area contributed by atoms with Gasteiger partial charge < -0.3 is 5.32 Å². The fraction of sp³-hybridized carbons (Fsp3) is 0.211. The van der Waals surface area contributed by atoms with Crippen LogP contribution in [0.5, 0.6) is 0 Å². The topological polar surface area (TPSA) is 127 Å². The average Bonchev–Trinajstić information content (AvgIpc) is 3.22. The summed E-state index contributed by atoms with van der Waals surface area (Å²) in [6.07, 6.45) is 0. The summed E-state index contributed by atoms with van der Waals surface area (Å²) in [5, 5.41) is 13.5. The van der Waals surface area contributed by atoms with Gasteiger partial charge in [-0.15, -0.1) is 5.10 Å². The Morgan fingerprint density at radius 2 is 1.90 bits per heavy atom. The summed E-state index contributed by atoms with van der Waals surface area (Å²) in [6.45, 7) is 4.82. The summed E-state index contributed by atoms with van der Waals surface area (Å²) in [6, 6.07) is 7.09. The van der Waals surface area contributed by atoms with Crippen LogP contribution in [0.4, 0.5) is 10.1 Å². The normalized spacial score (nSPS) is 14.7. The highest BCUT2D eigenvalue weighted by Gasteiger charge is 2.42. The first-order valence-electron chi connectivity index (χ1n) is 9.20. The van der Waals surface area contributed by atoms with Gasteiger partial charge in [0.2, 0.25) is 0 Å². The van der Waals surface area contributed by atoms with E-state index in [1.165, 1.54) is 28.9 Å². The molecule has 0 aliphatic carbocycles. The van der Waals surface area contributed by atoms with E-state index in [-0.39, 0.29) is 21.7 Å². The molecule has 160 valence electrons. The molecule has 0 fully saturated rings. The van der Waals surface area contributed by atoms with Gasteiger partial charge in [-0.3, -0.25) is 9.59 Å². The van der Waals surface area contributed by atoms with Gasteiger partial charge in [-0.05, 0) is 67.6 Å². The molecule has 0 atom stereocenters. The van der Waals surface area contributed by atoms with Gasteiger partial charge in [-0.25, -0.2) is 17.1 Å². The van der Waals surface area contributed by atoms with Crippen molar-refractivity contribution in [2.45, 2.75) is 31.7 Å². The number of amides is 2. The number of anilines is 1. The van der Waals surface area contributed by atoms with E-state index >= 15 is 0 Å². The van der Waals surface area contributed by atoms with Gasteiger partial charge >= 0.3 is 0 Å². The predicted molar refractivity (Wildman–Crippen MR) is 107 cm³/mol. The van der Waals surface area contributed by atoms with E-state index in [9.17, 15) is 22.4 Å². The van der Waals surface area contributed by atoms with E-state index < -0.39 is 33.7 Å². The number of sulfonamides is 1. The number of aryl methyl sites for hydroxylation is 1. The summed E-state index contributed by atoms with van der Waals surface area (Å²) < 4.78 is 41.9. The lowest BCUT2D eigenvalue weighted by molar-refractivity contribution is 0.0846. The Bertz CT molecular complexity index is 1330. The maximum atomic E-state index is 14.3. The minimum atomic E-state index is -4.07. The third-order valence-electron chi connectivity index (χ3n) is 4.75. The number of hydrogen-bond acceptors (Lipinski definition) is 7. The number of nitrogens with one attached hydrogen (secondary N) is 1. The quantitative estimate of drug-likeness (QED) is 0.651. The van der Waals surface area contributed by atoms with Crippen molar-refractivity contribution < 1.29 is 22.4 Å². The standard InChI is InChI=1S/C19H17FN6O4S/c1-10(2)26-19(28)14-6-4-12(8-17(14)31(26,29)30)18(27)21-16-9-13(5-7-15(16)20)25-11(3)22-23-24-25/h4-10H,1-3H3,(H,21,27). The number of halogens is 1. The average molecular weight is 444 g/mol. The zero-order chi connectivity index (χ0) is 22.5. The number of hydrogen-bond donors (Lipinski definition) is 1. The molecule has 2 amide bonds. The number of tetrazole rings is 1. The maximum absolute atomic E-state index is 14.3. The van der Waals surface area contributed by atoms with Crippen molar-refractivity contribution in [3.63, 3.8) is 0 Å². The monoisotopic (exact) mass is 444 g/mol. The molecule has 0 saturated heterocycles. The molecular formula is C19H17FN6O4S. The molecule has 0 bridgehead atoms. The third kappa shape index (κ3) is 3.34. The van der Waals surface area contributed by atoms with Crippen molar-refractivity contribution in [1.82, 2.24) is 24.5 Å². The molecule has 10 nitrogen and oxygen atoms in total. The van der Waals surface area contributed by atoms with E-state index in [0.717, 1.165) is 16.4 Å². The van der Waals surface area contributed by atoms with Crippen LogP contribution in [0.25, 0.3) is 5.69 Å². The number of aromatic nitrogens is 4. The number of carbonyl (C=O) groups is 2. The lowest BCUT2D eigenvalue weighted by Gasteiger charge is -2.18. The van der Waals surface area contributed by atoms with Crippen LogP contribution in [-0.2, 0) is 10.0 Å². The molecule has 2 aromatic carbocycles. The van der Waals surface area contributed by atoms with Crippen LogP contribution >= 0.6 is 0 Å². The lowest BCUT2D eigenvalue weighted by atomic mass is 10.1. The van der Waals surface area contributed by atoms with Gasteiger partial charge in [-0.2, -0.15) is 4.68 Å². The molecule has 3 aromatic rings. The second-order valence-corrected chi connectivity index (χ2v) is 8.95. The molecule has 4 rings (SSSR count). The fourth-order valence-electron chi connectivity index (χ4n) is 3.31. The Morgan fingerprint density at radius 1 is 1.16 bits per heavy atom. The van der Waals surface area contributed by atoms with Crippen LogP contribution in [0.15, 0.2) is 41.3 Å². The Kier molecular flexibility index (Phi) is 4.81. The van der Waals surface area contributed by atoms with Gasteiger partial charge in [0.25, 0.3) is 21.8 Å². The van der Waals surface area contributed by atoms with E-state index in [1.54, 1.807) is 20.8 Å². The predicted octanol–water partition coefficient (Wildman–Crippen LogP) is 1.92. The van der Waals surface area contributed by atoms with Crippen LogP contribution < -0.4 is 5.32 Å². The zero-order valence-corrected chi connectivity index (χ0v) is 17.5. The van der Waals surface area contributed by atoms with Crippen LogP contribution in [0.3, 0.4) is 0 Å². The van der Waals surface area contributed by atoms with Gasteiger partial charge in [0.05, 0.1) is 16.9 Å². The van der Waals surface area contributed by atoms with Crippen LogP contribution in [-0.4, -0.2) is 50.8 Å². The summed E-state index contributed by atoms with van der Waals surface area (Å²) >= 11 is 0. The maximum Gasteiger partial charge on any atom is 0.269 e. The SMILES string of the molecule is Cc1nnnn1-c1ccc(F)c(NC(=O)c2ccc3c(c2)S(=O)(=O)N(C(C)C)C3=O)c1. The van der Waals surface area contributed by atoms with Gasteiger partial charge in [0.1, 0.15) is 10.7 Å². The van der Waals surface area contributed by atoms with Crippen molar-refractivity contribution in [2.24, 2.45) is 0 Å². The highest BCUT2D eigenvalue weighted by Crippen LogP contribution is 2.33. The van der Waals surface area contributed by atoms with Crippen LogP contribution in [0.1, 0.15) is 40.4 Å². The molecule has 0 unspecified atom stereocenters. The van der Waals surface area contributed by atoms with Gasteiger partial charge in [-0.1, -0.05) is 0 Å². The lowest BCUT2D eigenvalue weighted by Crippen LogP contribution is -2.36.